The van der Waals surface area contributed by atoms with E-state index in [2.05, 4.69) is 5.10 Å². The quantitative estimate of drug-likeness (QED) is 0.526. The second-order valence-corrected chi connectivity index (χ2v) is 5.02. The number of hydrogen-bond donors (Lipinski definition) is 0. The lowest BCUT2D eigenvalue weighted by atomic mass is 10.1. The van der Waals surface area contributed by atoms with E-state index in [-0.39, 0.29) is 16.6 Å². The molecule has 0 unspecified atom stereocenters. The van der Waals surface area contributed by atoms with Crippen molar-refractivity contribution >= 4 is 22.3 Å². The zero-order valence-corrected chi connectivity index (χ0v) is 12.1. The summed E-state index contributed by atoms with van der Waals surface area (Å²) in [6.07, 6.45) is -3.51. The summed E-state index contributed by atoms with van der Waals surface area (Å²) in [4.78, 5) is 20.5. The van der Waals surface area contributed by atoms with E-state index in [1.807, 2.05) is 0 Å². The second-order valence-electron chi connectivity index (χ2n) is 5.02. The van der Waals surface area contributed by atoms with Gasteiger partial charge in [-0.3, -0.25) is 20.2 Å². The van der Waals surface area contributed by atoms with Gasteiger partial charge in [-0.05, 0) is 18.2 Å². The van der Waals surface area contributed by atoms with Gasteiger partial charge in [0.25, 0.3) is 11.4 Å². The van der Waals surface area contributed by atoms with Crippen LogP contribution in [0.2, 0.25) is 0 Å². The maximum absolute atomic E-state index is 12.9. The average Bonchev–Trinajstić information content (AvgIpc) is 2.96. The van der Waals surface area contributed by atoms with Crippen LogP contribution in [0.3, 0.4) is 0 Å². The number of fused-ring (bicyclic) bond motifs is 1. The molecule has 0 spiro atoms. The summed E-state index contributed by atoms with van der Waals surface area (Å²) in [6.45, 7) is 0. The Morgan fingerprint density at radius 3 is 2.36 bits per heavy atom. The summed E-state index contributed by atoms with van der Waals surface area (Å²) in [5.41, 5.74) is -2.12. The molecular weight excluding hydrogens is 345 g/mol. The molecule has 11 heteroatoms. The smallest absolute Gasteiger partial charge is 0.258 e. The zero-order valence-electron chi connectivity index (χ0n) is 12.1. The van der Waals surface area contributed by atoms with Crippen LogP contribution in [0.15, 0.2) is 42.6 Å². The second kappa shape index (κ2) is 5.54. The lowest BCUT2D eigenvalue weighted by Crippen LogP contribution is -2.06. The molecule has 0 aliphatic carbocycles. The minimum absolute atomic E-state index is 0.0204. The molecule has 25 heavy (non-hydrogen) atoms. The Hall–Kier alpha value is -3.50. The van der Waals surface area contributed by atoms with Gasteiger partial charge in [0, 0.05) is 6.07 Å². The third-order valence-electron chi connectivity index (χ3n) is 3.48. The molecule has 1 heterocycles. The standard InChI is InChI=1S/C14H7F3N4O4/c15-14(16,17)8-2-1-3-9(4-8)19-12-5-10(20(22)23)6-13(21(24)25)11(12)7-18-19/h1-7H. The SMILES string of the molecule is O=[N+]([O-])c1cc([N+](=O)[O-])c2cnn(-c3cccc(C(F)(F)F)c3)c2c1. The Morgan fingerprint density at radius 1 is 1.04 bits per heavy atom. The number of nitro benzene ring substituents is 2. The van der Waals surface area contributed by atoms with Crippen molar-refractivity contribution in [2.24, 2.45) is 0 Å². The van der Waals surface area contributed by atoms with E-state index in [0.717, 1.165) is 41.2 Å². The third-order valence-corrected chi connectivity index (χ3v) is 3.48. The largest absolute Gasteiger partial charge is 0.416 e. The molecule has 8 nitrogen and oxygen atoms in total. The van der Waals surface area contributed by atoms with Crippen molar-refractivity contribution in [3.05, 3.63) is 68.4 Å². The predicted molar refractivity (Wildman–Crippen MR) is 79.4 cm³/mol. The van der Waals surface area contributed by atoms with Gasteiger partial charge < -0.3 is 0 Å². The highest BCUT2D eigenvalue weighted by molar-refractivity contribution is 5.91. The molecule has 0 saturated carbocycles. The number of non-ortho nitro benzene ring substituents is 2. The Balaban J connectivity index is 2.28. The van der Waals surface area contributed by atoms with Crippen molar-refractivity contribution < 1.29 is 23.0 Å². The zero-order chi connectivity index (χ0) is 18.4. The Morgan fingerprint density at radius 2 is 1.76 bits per heavy atom. The van der Waals surface area contributed by atoms with Gasteiger partial charge in [0.1, 0.15) is 0 Å². The van der Waals surface area contributed by atoms with Gasteiger partial charge in [-0.25, -0.2) is 4.68 Å². The molecule has 3 aromatic rings. The van der Waals surface area contributed by atoms with E-state index >= 15 is 0 Å². The Kier molecular flexibility index (Phi) is 3.63. The van der Waals surface area contributed by atoms with E-state index in [1.54, 1.807) is 0 Å². The Bertz CT molecular complexity index is 1010. The fourth-order valence-corrected chi connectivity index (χ4v) is 2.37. The monoisotopic (exact) mass is 352 g/mol. The van der Waals surface area contributed by atoms with Gasteiger partial charge in [0.05, 0.1) is 44.3 Å². The van der Waals surface area contributed by atoms with E-state index in [1.165, 1.54) is 6.07 Å². The van der Waals surface area contributed by atoms with E-state index < -0.39 is 33.0 Å². The van der Waals surface area contributed by atoms with Crippen molar-refractivity contribution in [1.29, 1.82) is 0 Å². The van der Waals surface area contributed by atoms with Crippen LogP contribution in [0.1, 0.15) is 5.56 Å². The number of nitrogens with zero attached hydrogens (tertiary/aromatic N) is 4. The molecule has 0 amide bonds. The summed E-state index contributed by atoms with van der Waals surface area (Å²) in [5.74, 6) is 0. The molecule has 0 fully saturated rings. The van der Waals surface area contributed by atoms with E-state index in [0.29, 0.717) is 0 Å². The molecule has 0 aliphatic rings. The number of alkyl halides is 3. The van der Waals surface area contributed by atoms with Gasteiger partial charge in [-0.2, -0.15) is 18.3 Å². The van der Waals surface area contributed by atoms with Gasteiger partial charge in [-0.15, -0.1) is 0 Å². The molecule has 0 aliphatic heterocycles. The van der Waals surface area contributed by atoms with E-state index in [9.17, 15) is 33.4 Å². The molecular formula is C14H7F3N4O4. The average molecular weight is 352 g/mol. The first-order chi connectivity index (χ1) is 11.7. The highest BCUT2D eigenvalue weighted by Crippen LogP contribution is 2.34. The summed E-state index contributed by atoms with van der Waals surface area (Å²) in [6, 6.07) is 5.93. The molecule has 0 saturated heterocycles. The third kappa shape index (κ3) is 2.86. The van der Waals surface area contributed by atoms with Crippen molar-refractivity contribution in [2.45, 2.75) is 6.18 Å². The van der Waals surface area contributed by atoms with Gasteiger partial charge in [0.15, 0.2) is 0 Å². The number of hydrogen-bond acceptors (Lipinski definition) is 5. The van der Waals surface area contributed by atoms with Crippen molar-refractivity contribution in [2.75, 3.05) is 0 Å². The highest BCUT2D eigenvalue weighted by atomic mass is 19.4. The van der Waals surface area contributed by atoms with Crippen LogP contribution in [0, 0.1) is 20.2 Å². The summed E-state index contributed by atoms with van der Waals surface area (Å²) in [7, 11) is 0. The van der Waals surface area contributed by atoms with Crippen molar-refractivity contribution in [1.82, 2.24) is 9.78 Å². The lowest BCUT2D eigenvalue weighted by Gasteiger charge is -2.09. The molecule has 3 rings (SSSR count). The fourth-order valence-electron chi connectivity index (χ4n) is 2.37. The van der Waals surface area contributed by atoms with Crippen LogP contribution in [0.5, 0.6) is 0 Å². The van der Waals surface area contributed by atoms with Crippen molar-refractivity contribution in [3.63, 3.8) is 0 Å². The molecule has 0 atom stereocenters. The first-order valence-corrected chi connectivity index (χ1v) is 6.66. The minimum atomic E-state index is -4.59. The molecule has 0 bridgehead atoms. The Labute approximate surface area is 136 Å². The van der Waals surface area contributed by atoms with Crippen LogP contribution in [0.4, 0.5) is 24.5 Å². The summed E-state index contributed by atoms with van der Waals surface area (Å²) >= 11 is 0. The van der Waals surface area contributed by atoms with Crippen LogP contribution < -0.4 is 0 Å². The summed E-state index contributed by atoms with van der Waals surface area (Å²) in [5, 5.41) is 25.9. The molecule has 1 aromatic heterocycles. The number of halogens is 3. The molecule has 0 N–H and O–H groups in total. The number of benzene rings is 2. The van der Waals surface area contributed by atoms with Gasteiger partial charge in [-0.1, -0.05) is 6.07 Å². The first-order valence-electron chi connectivity index (χ1n) is 6.66. The maximum atomic E-state index is 12.9. The molecule has 128 valence electrons. The normalized spacial score (nSPS) is 11.6. The predicted octanol–water partition coefficient (Wildman–Crippen LogP) is 3.86. The topological polar surface area (TPSA) is 104 Å². The summed E-state index contributed by atoms with van der Waals surface area (Å²) < 4.78 is 39.6. The van der Waals surface area contributed by atoms with Crippen molar-refractivity contribution in [3.8, 4) is 5.69 Å². The van der Waals surface area contributed by atoms with Gasteiger partial charge in [0.2, 0.25) is 0 Å². The number of rotatable bonds is 3. The van der Waals surface area contributed by atoms with Crippen LogP contribution in [0.25, 0.3) is 16.6 Å². The van der Waals surface area contributed by atoms with Crippen LogP contribution in [-0.2, 0) is 6.18 Å². The van der Waals surface area contributed by atoms with Crippen LogP contribution in [-0.4, -0.2) is 19.6 Å². The van der Waals surface area contributed by atoms with Crippen LogP contribution >= 0.6 is 0 Å². The molecule has 2 aromatic carbocycles. The highest BCUT2D eigenvalue weighted by Gasteiger charge is 2.31. The van der Waals surface area contributed by atoms with E-state index in [4.69, 9.17) is 0 Å². The fraction of sp³-hybridized carbons (Fsp3) is 0.0714. The number of aromatic nitrogens is 2. The van der Waals surface area contributed by atoms with Gasteiger partial charge >= 0.3 is 6.18 Å². The lowest BCUT2D eigenvalue weighted by molar-refractivity contribution is -0.393. The first kappa shape index (κ1) is 16.4. The minimum Gasteiger partial charge on any atom is -0.258 e. The maximum Gasteiger partial charge on any atom is 0.416 e. The molecule has 0 radical (unpaired) electrons. The number of nitro groups is 2.